The van der Waals surface area contributed by atoms with Gasteiger partial charge in [0.1, 0.15) is 0 Å². The minimum absolute atomic E-state index is 0.207. The average molecular weight is 227 g/mol. The van der Waals surface area contributed by atoms with Gasteiger partial charge in [0.05, 0.1) is 0 Å². The van der Waals surface area contributed by atoms with Gasteiger partial charge in [-0.2, -0.15) is 0 Å². The van der Waals surface area contributed by atoms with Crippen molar-refractivity contribution in [1.29, 1.82) is 0 Å². The first kappa shape index (κ1) is 14.0. The van der Waals surface area contributed by atoms with Crippen molar-refractivity contribution < 1.29 is 5.11 Å². The number of unbranched alkanes of at least 4 members (excludes halogenated alkanes) is 2. The van der Waals surface area contributed by atoms with Gasteiger partial charge in [-0.1, -0.05) is 39.0 Å². The summed E-state index contributed by atoms with van der Waals surface area (Å²) in [5.41, 5.74) is 0.207. The zero-order chi connectivity index (χ0) is 11.9. The molecule has 0 aromatic heterocycles. The fourth-order valence-corrected chi connectivity index (χ4v) is 2.71. The van der Waals surface area contributed by atoms with Gasteiger partial charge in [0.25, 0.3) is 0 Å². The van der Waals surface area contributed by atoms with Crippen molar-refractivity contribution in [2.24, 2.45) is 5.41 Å². The summed E-state index contributed by atoms with van der Waals surface area (Å²) in [6, 6.07) is 0.607. The van der Waals surface area contributed by atoms with Crippen molar-refractivity contribution in [3.05, 3.63) is 0 Å². The molecule has 0 heterocycles. The standard InChI is InChI=1S/C14H29NO/c1-3-4-5-8-13(2)15-11-14(12-16)9-6-7-10-14/h13,15-16H,3-12H2,1-2H3. The Balaban J connectivity index is 2.16. The minimum Gasteiger partial charge on any atom is -0.396 e. The summed E-state index contributed by atoms with van der Waals surface area (Å²) in [4.78, 5) is 0. The molecular formula is C14H29NO. The van der Waals surface area contributed by atoms with Crippen LogP contribution in [-0.4, -0.2) is 24.3 Å². The number of hydrogen-bond donors (Lipinski definition) is 2. The van der Waals surface area contributed by atoms with Crippen LogP contribution in [0, 0.1) is 5.41 Å². The SMILES string of the molecule is CCCCCC(C)NCC1(CO)CCCC1. The monoisotopic (exact) mass is 227 g/mol. The highest BCUT2D eigenvalue weighted by molar-refractivity contribution is 4.86. The molecule has 1 atom stereocenters. The van der Waals surface area contributed by atoms with Gasteiger partial charge in [0.2, 0.25) is 0 Å². The molecule has 2 nitrogen and oxygen atoms in total. The van der Waals surface area contributed by atoms with Gasteiger partial charge in [0.15, 0.2) is 0 Å². The van der Waals surface area contributed by atoms with Gasteiger partial charge in [-0.05, 0) is 26.2 Å². The lowest BCUT2D eigenvalue weighted by Gasteiger charge is -2.28. The summed E-state index contributed by atoms with van der Waals surface area (Å²) < 4.78 is 0. The van der Waals surface area contributed by atoms with Crippen LogP contribution in [0.25, 0.3) is 0 Å². The lowest BCUT2D eigenvalue weighted by atomic mass is 9.87. The second kappa shape index (κ2) is 7.29. The summed E-state index contributed by atoms with van der Waals surface area (Å²) in [6.07, 6.45) is 10.3. The summed E-state index contributed by atoms with van der Waals surface area (Å²) in [6.45, 7) is 5.89. The van der Waals surface area contributed by atoms with Gasteiger partial charge in [-0.3, -0.25) is 0 Å². The molecule has 2 heteroatoms. The molecule has 16 heavy (non-hydrogen) atoms. The molecule has 0 aromatic carbocycles. The van der Waals surface area contributed by atoms with Crippen molar-refractivity contribution >= 4 is 0 Å². The lowest BCUT2D eigenvalue weighted by Crippen LogP contribution is -2.39. The van der Waals surface area contributed by atoms with Crippen LogP contribution in [0.2, 0.25) is 0 Å². The predicted molar refractivity (Wildman–Crippen MR) is 69.6 cm³/mol. The molecule has 0 amide bonds. The number of rotatable bonds is 8. The topological polar surface area (TPSA) is 32.3 Å². The van der Waals surface area contributed by atoms with Crippen LogP contribution in [-0.2, 0) is 0 Å². The smallest absolute Gasteiger partial charge is 0.0499 e. The summed E-state index contributed by atoms with van der Waals surface area (Å²) in [5.74, 6) is 0. The second-order valence-corrected chi connectivity index (χ2v) is 5.64. The molecule has 0 radical (unpaired) electrons. The van der Waals surface area contributed by atoms with Gasteiger partial charge in [-0.15, -0.1) is 0 Å². The van der Waals surface area contributed by atoms with Crippen LogP contribution in [0.4, 0.5) is 0 Å². The van der Waals surface area contributed by atoms with E-state index in [2.05, 4.69) is 19.2 Å². The fraction of sp³-hybridized carbons (Fsp3) is 1.00. The summed E-state index contributed by atoms with van der Waals surface area (Å²) >= 11 is 0. The van der Waals surface area contributed by atoms with Crippen LogP contribution < -0.4 is 5.32 Å². The Labute approximate surface area is 101 Å². The molecule has 1 aliphatic carbocycles. The van der Waals surface area contributed by atoms with Gasteiger partial charge in [-0.25, -0.2) is 0 Å². The highest BCUT2D eigenvalue weighted by Crippen LogP contribution is 2.36. The quantitative estimate of drug-likeness (QED) is 0.625. The molecule has 2 N–H and O–H groups in total. The second-order valence-electron chi connectivity index (χ2n) is 5.64. The summed E-state index contributed by atoms with van der Waals surface area (Å²) in [7, 11) is 0. The third kappa shape index (κ3) is 4.42. The maximum atomic E-state index is 9.50. The normalized spacial score (nSPS) is 21.2. The highest BCUT2D eigenvalue weighted by Gasteiger charge is 2.32. The Morgan fingerprint density at radius 1 is 1.25 bits per heavy atom. The molecule has 1 fully saturated rings. The van der Waals surface area contributed by atoms with Crippen LogP contribution in [0.3, 0.4) is 0 Å². The molecule has 1 aliphatic rings. The first-order chi connectivity index (χ1) is 7.72. The third-order valence-electron chi connectivity index (χ3n) is 4.07. The number of nitrogens with one attached hydrogen (secondary N) is 1. The first-order valence-corrected chi connectivity index (χ1v) is 7.07. The Kier molecular flexibility index (Phi) is 6.37. The predicted octanol–water partition coefficient (Wildman–Crippen LogP) is 3.10. The Bertz CT molecular complexity index is 176. The molecule has 96 valence electrons. The fourth-order valence-electron chi connectivity index (χ4n) is 2.71. The van der Waals surface area contributed by atoms with Crippen molar-refractivity contribution in [2.45, 2.75) is 71.3 Å². The molecule has 0 spiro atoms. The molecule has 1 rings (SSSR count). The summed E-state index contributed by atoms with van der Waals surface area (Å²) in [5, 5.41) is 13.1. The van der Waals surface area contributed by atoms with Crippen LogP contribution >= 0.6 is 0 Å². The van der Waals surface area contributed by atoms with Gasteiger partial charge >= 0.3 is 0 Å². The molecular weight excluding hydrogens is 198 g/mol. The zero-order valence-corrected chi connectivity index (χ0v) is 11.1. The van der Waals surface area contributed by atoms with Crippen LogP contribution in [0.15, 0.2) is 0 Å². The largest absolute Gasteiger partial charge is 0.396 e. The van der Waals surface area contributed by atoms with Crippen LogP contribution in [0.1, 0.15) is 65.2 Å². The van der Waals surface area contributed by atoms with Crippen molar-refractivity contribution in [3.8, 4) is 0 Å². The number of hydrogen-bond acceptors (Lipinski definition) is 2. The molecule has 0 aromatic rings. The van der Waals surface area contributed by atoms with Crippen molar-refractivity contribution in [3.63, 3.8) is 0 Å². The average Bonchev–Trinajstić information content (AvgIpc) is 2.76. The van der Waals surface area contributed by atoms with E-state index in [-0.39, 0.29) is 5.41 Å². The van der Waals surface area contributed by atoms with E-state index in [0.29, 0.717) is 12.6 Å². The molecule has 1 unspecified atom stereocenters. The van der Waals surface area contributed by atoms with E-state index in [9.17, 15) is 5.11 Å². The van der Waals surface area contributed by atoms with E-state index in [4.69, 9.17) is 0 Å². The van der Waals surface area contributed by atoms with E-state index >= 15 is 0 Å². The van der Waals surface area contributed by atoms with E-state index in [0.717, 1.165) is 6.54 Å². The molecule has 0 bridgehead atoms. The van der Waals surface area contributed by atoms with Crippen molar-refractivity contribution in [1.82, 2.24) is 5.32 Å². The third-order valence-corrected chi connectivity index (χ3v) is 4.07. The van der Waals surface area contributed by atoms with E-state index in [1.807, 2.05) is 0 Å². The van der Waals surface area contributed by atoms with Gasteiger partial charge in [0, 0.05) is 24.6 Å². The Morgan fingerprint density at radius 2 is 1.94 bits per heavy atom. The van der Waals surface area contributed by atoms with E-state index < -0.39 is 0 Å². The Morgan fingerprint density at radius 3 is 2.50 bits per heavy atom. The maximum absolute atomic E-state index is 9.50. The van der Waals surface area contributed by atoms with E-state index in [1.165, 1.54) is 51.4 Å². The molecule has 1 saturated carbocycles. The highest BCUT2D eigenvalue weighted by atomic mass is 16.3. The minimum atomic E-state index is 0.207. The number of aliphatic hydroxyl groups excluding tert-OH is 1. The van der Waals surface area contributed by atoms with E-state index in [1.54, 1.807) is 0 Å². The molecule has 0 aliphatic heterocycles. The van der Waals surface area contributed by atoms with Gasteiger partial charge < -0.3 is 10.4 Å². The lowest BCUT2D eigenvalue weighted by molar-refractivity contribution is 0.125. The first-order valence-electron chi connectivity index (χ1n) is 7.07. The zero-order valence-electron chi connectivity index (χ0n) is 11.1. The number of aliphatic hydroxyl groups is 1. The van der Waals surface area contributed by atoms with Crippen molar-refractivity contribution in [2.75, 3.05) is 13.2 Å². The Hall–Kier alpha value is -0.0800. The molecule has 0 saturated heterocycles. The van der Waals surface area contributed by atoms with Crippen LogP contribution in [0.5, 0.6) is 0 Å². The maximum Gasteiger partial charge on any atom is 0.0499 e.